The Hall–Kier alpha value is -0.910. The summed E-state index contributed by atoms with van der Waals surface area (Å²) in [6.45, 7) is 7.83. The van der Waals surface area contributed by atoms with Crippen molar-refractivity contribution in [1.82, 2.24) is 19.7 Å². The number of nitrogens with zero attached hydrogens (tertiary/aromatic N) is 4. The highest BCUT2D eigenvalue weighted by molar-refractivity contribution is 7.07. The highest BCUT2D eigenvalue weighted by atomic mass is 35.5. The van der Waals surface area contributed by atoms with Crippen molar-refractivity contribution in [3.8, 4) is 0 Å². The maximum Gasteiger partial charge on any atom is 0.0844 e. The number of hydrogen-bond donors (Lipinski definition) is 0. The molecule has 0 aliphatic heterocycles. The second-order valence-corrected chi connectivity index (χ2v) is 6.01. The molecule has 0 aliphatic rings. The van der Waals surface area contributed by atoms with E-state index in [1.807, 2.05) is 24.0 Å². The lowest BCUT2D eigenvalue weighted by Gasteiger charge is -2.24. The van der Waals surface area contributed by atoms with E-state index in [4.69, 9.17) is 11.6 Å². The van der Waals surface area contributed by atoms with Gasteiger partial charge in [0.1, 0.15) is 0 Å². The van der Waals surface area contributed by atoms with Crippen LogP contribution in [0.15, 0.2) is 10.9 Å². The van der Waals surface area contributed by atoms with Gasteiger partial charge in [-0.15, -0.1) is 11.3 Å². The Balaban J connectivity index is 2.00. The fourth-order valence-corrected chi connectivity index (χ4v) is 2.65. The Morgan fingerprint density at radius 1 is 1.47 bits per heavy atom. The third-order valence-electron chi connectivity index (χ3n) is 3.38. The van der Waals surface area contributed by atoms with Crippen molar-refractivity contribution in [3.63, 3.8) is 0 Å². The van der Waals surface area contributed by atoms with Crippen molar-refractivity contribution in [2.45, 2.75) is 39.9 Å². The van der Waals surface area contributed by atoms with Crippen LogP contribution in [0.2, 0.25) is 5.02 Å². The largest absolute Gasteiger partial charge is 0.296 e. The fourth-order valence-electron chi connectivity index (χ4n) is 1.97. The summed E-state index contributed by atoms with van der Waals surface area (Å²) in [5.41, 5.74) is 4.92. The summed E-state index contributed by atoms with van der Waals surface area (Å²) >= 11 is 7.80. The van der Waals surface area contributed by atoms with Crippen LogP contribution in [-0.2, 0) is 13.1 Å². The van der Waals surface area contributed by atoms with Crippen LogP contribution < -0.4 is 0 Å². The van der Waals surface area contributed by atoms with Gasteiger partial charge >= 0.3 is 0 Å². The zero-order valence-corrected chi connectivity index (χ0v) is 13.3. The average Bonchev–Trinajstić information content (AvgIpc) is 2.95. The molecule has 0 bridgehead atoms. The molecule has 1 unspecified atom stereocenters. The van der Waals surface area contributed by atoms with Crippen molar-refractivity contribution in [2.75, 3.05) is 7.05 Å². The second-order valence-electron chi connectivity index (χ2n) is 4.91. The predicted molar refractivity (Wildman–Crippen MR) is 79.8 cm³/mol. The number of thiazole rings is 1. The summed E-state index contributed by atoms with van der Waals surface area (Å²) < 4.78 is 1.99. The molecule has 0 radical (unpaired) electrons. The van der Waals surface area contributed by atoms with E-state index in [1.54, 1.807) is 11.3 Å². The van der Waals surface area contributed by atoms with Gasteiger partial charge in [0.15, 0.2) is 0 Å². The second kappa shape index (κ2) is 6.03. The molecular formula is C13H19ClN4S. The lowest BCUT2D eigenvalue weighted by molar-refractivity contribution is 0.218. The van der Waals surface area contributed by atoms with Crippen molar-refractivity contribution < 1.29 is 0 Å². The number of aromatic nitrogens is 3. The molecule has 0 N–H and O–H groups in total. The zero-order valence-electron chi connectivity index (χ0n) is 11.7. The monoisotopic (exact) mass is 298 g/mol. The van der Waals surface area contributed by atoms with Gasteiger partial charge in [-0.3, -0.25) is 9.58 Å². The molecule has 19 heavy (non-hydrogen) atoms. The maximum atomic E-state index is 6.17. The first kappa shape index (κ1) is 14.5. The van der Waals surface area contributed by atoms with Crippen LogP contribution in [0.25, 0.3) is 0 Å². The third kappa shape index (κ3) is 3.35. The molecule has 2 heterocycles. The van der Waals surface area contributed by atoms with Crippen LogP contribution in [0.5, 0.6) is 0 Å². The quantitative estimate of drug-likeness (QED) is 0.850. The van der Waals surface area contributed by atoms with Crippen molar-refractivity contribution in [2.24, 2.45) is 0 Å². The molecule has 1 atom stereocenters. The number of rotatable bonds is 5. The summed E-state index contributed by atoms with van der Waals surface area (Å²) in [6.07, 6.45) is 0. The van der Waals surface area contributed by atoms with E-state index >= 15 is 0 Å². The average molecular weight is 299 g/mol. The highest BCUT2D eigenvalue weighted by Crippen LogP contribution is 2.19. The summed E-state index contributed by atoms with van der Waals surface area (Å²) in [5, 5.41) is 7.33. The molecule has 0 aliphatic carbocycles. The molecule has 0 spiro atoms. The minimum absolute atomic E-state index is 0.371. The zero-order chi connectivity index (χ0) is 14.0. The normalized spacial score (nSPS) is 13.2. The number of aryl methyl sites for hydroxylation is 1. The van der Waals surface area contributed by atoms with Crippen molar-refractivity contribution >= 4 is 22.9 Å². The van der Waals surface area contributed by atoms with E-state index in [2.05, 4.69) is 34.3 Å². The van der Waals surface area contributed by atoms with Gasteiger partial charge in [-0.05, 0) is 27.8 Å². The predicted octanol–water partition coefficient (Wildman–Crippen LogP) is 3.13. The minimum Gasteiger partial charge on any atom is -0.296 e. The maximum absolute atomic E-state index is 6.17. The smallest absolute Gasteiger partial charge is 0.0844 e. The molecule has 0 amide bonds. The van der Waals surface area contributed by atoms with Gasteiger partial charge < -0.3 is 0 Å². The van der Waals surface area contributed by atoms with Crippen LogP contribution in [0.3, 0.4) is 0 Å². The number of hydrogen-bond acceptors (Lipinski definition) is 4. The molecule has 0 aromatic carbocycles. The molecule has 104 valence electrons. The molecule has 2 rings (SSSR count). The minimum atomic E-state index is 0.371. The number of likely N-dealkylation sites (N-methyl/N-ethyl adjacent to an activating group) is 1. The van der Waals surface area contributed by atoms with Gasteiger partial charge in [0, 0.05) is 18.0 Å². The first-order valence-electron chi connectivity index (χ1n) is 6.26. The first-order chi connectivity index (χ1) is 8.99. The van der Waals surface area contributed by atoms with E-state index in [1.165, 1.54) is 0 Å². The van der Waals surface area contributed by atoms with Gasteiger partial charge in [0.05, 0.1) is 34.2 Å². The van der Waals surface area contributed by atoms with E-state index in [0.717, 1.165) is 35.2 Å². The molecule has 0 saturated carbocycles. The van der Waals surface area contributed by atoms with E-state index < -0.39 is 0 Å². The van der Waals surface area contributed by atoms with Crippen molar-refractivity contribution in [1.29, 1.82) is 0 Å². The Kier molecular flexibility index (Phi) is 4.60. The molecule has 0 saturated heterocycles. The lowest BCUT2D eigenvalue weighted by Crippen LogP contribution is -2.33. The Morgan fingerprint density at radius 3 is 2.74 bits per heavy atom. The van der Waals surface area contributed by atoms with Crippen LogP contribution >= 0.6 is 22.9 Å². The first-order valence-corrected chi connectivity index (χ1v) is 7.58. The summed E-state index contributed by atoms with van der Waals surface area (Å²) in [7, 11) is 2.11. The van der Waals surface area contributed by atoms with Crippen LogP contribution in [-0.4, -0.2) is 32.8 Å². The van der Waals surface area contributed by atoms with Crippen LogP contribution in [0.4, 0.5) is 0 Å². The molecule has 2 aromatic heterocycles. The molecule has 0 fully saturated rings. The SMILES string of the molecule is Cc1nn(CC(C)N(C)Cc2cscn2)c(C)c1Cl. The summed E-state index contributed by atoms with van der Waals surface area (Å²) in [5.74, 6) is 0. The van der Waals surface area contributed by atoms with E-state index in [0.29, 0.717) is 6.04 Å². The highest BCUT2D eigenvalue weighted by Gasteiger charge is 2.15. The fraction of sp³-hybridized carbons (Fsp3) is 0.538. The van der Waals surface area contributed by atoms with Gasteiger partial charge in [0.2, 0.25) is 0 Å². The Labute approximate surface area is 123 Å². The van der Waals surface area contributed by atoms with Gasteiger partial charge in [-0.2, -0.15) is 5.10 Å². The molecule has 2 aromatic rings. The molecular weight excluding hydrogens is 280 g/mol. The van der Waals surface area contributed by atoms with E-state index in [-0.39, 0.29) is 0 Å². The summed E-state index contributed by atoms with van der Waals surface area (Å²) in [6, 6.07) is 0.371. The topological polar surface area (TPSA) is 34.0 Å². The van der Waals surface area contributed by atoms with Crippen molar-refractivity contribution in [3.05, 3.63) is 33.0 Å². The molecule has 6 heteroatoms. The lowest BCUT2D eigenvalue weighted by atomic mass is 10.2. The number of halogens is 1. The molecule has 4 nitrogen and oxygen atoms in total. The van der Waals surface area contributed by atoms with Gasteiger partial charge in [0.25, 0.3) is 0 Å². The van der Waals surface area contributed by atoms with Crippen LogP contribution in [0, 0.1) is 13.8 Å². The third-order valence-corrected chi connectivity index (χ3v) is 4.56. The van der Waals surface area contributed by atoms with Gasteiger partial charge in [-0.25, -0.2) is 4.98 Å². The Bertz CT molecular complexity index is 535. The van der Waals surface area contributed by atoms with Gasteiger partial charge in [-0.1, -0.05) is 11.6 Å². The van der Waals surface area contributed by atoms with Crippen LogP contribution in [0.1, 0.15) is 24.0 Å². The Morgan fingerprint density at radius 2 is 2.21 bits per heavy atom. The summed E-state index contributed by atoms with van der Waals surface area (Å²) in [4.78, 5) is 6.59. The standard InChI is InChI=1S/C13H19ClN4S/c1-9(17(4)6-12-7-19-8-15-12)5-18-11(3)13(14)10(2)16-18/h7-9H,5-6H2,1-4H3. The van der Waals surface area contributed by atoms with E-state index in [9.17, 15) is 0 Å².